The third kappa shape index (κ3) is 4.73. The molecule has 0 bridgehead atoms. The van der Waals surface area contributed by atoms with Crippen molar-refractivity contribution in [3.63, 3.8) is 0 Å². The van der Waals surface area contributed by atoms with E-state index < -0.39 is 5.60 Å². The molecule has 2 aromatic carbocycles. The lowest BCUT2D eigenvalue weighted by Crippen LogP contribution is -2.35. The van der Waals surface area contributed by atoms with Crippen molar-refractivity contribution in [1.29, 1.82) is 0 Å². The van der Waals surface area contributed by atoms with E-state index in [9.17, 15) is 9.59 Å². The van der Waals surface area contributed by atoms with Gasteiger partial charge in [-0.3, -0.25) is 4.79 Å². The van der Waals surface area contributed by atoms with Crippen molar-refractivity contribution in [1.82, 2.24) is 9.88 Å². The lowest BCUT2D eigenvalue weighted by Gasteiger charge is -2.24. The molecule has 0 fully saturated rings. The van der Waals surface area contributed by atoms with Crippen LogP contribution in [0.1, 0.15) is 26.3 Å². The number of methoxy groups -OCH3 is 1. The minimum Gasteiger partial charge on any atom is -0.496 e. The molecule has 6 nitrogen and oxygen atoms in total. The number of hydrogen-bond acceptors (Lipinski definition) is 5. The number of nitrogens with zero attached hydrogens (tertiary/aromatic N) is 1. The average Bonchev–Trinajstić information content (AvgIpc) is 3.27. The maximum atomic E-state index is 12.4. The Labute approximate surface area is 196 Å². The van der Waals surface area contributed by atoms with Crippen LogP contribution in [0.5, 0.6) is 5.75 Å². The lowest BCUT2D eigenvalue weighted by molar-refractivity contribution is 0.0301. The van der Waals surface area contributed by atoms with E-state index in [4.69, 9.17) is 9.47 Å². The zero-order chi connectivity index (χ0) is 23.8. The number of amides is 1. The number of H-pyrrole nitrogens is 1. The SMILES string of the molecule is COc1ccc2[nH]c(=O)c3sccc3c2c1-c1ccc(CCN(C)C(=O)OC(C)(C)C)cc1. The van der Waals surface area contributed by atoms with Gasteiger partial charge in [-0.1, -0.05) is 24.3 Å². The van der Waals surface area contributed by atoms with Gasteiger partial charge in [0.1, 0.15) is 16.1 Å². The Morgan fingerprint density at radius 2 is 1.82 bits per heavy atom. The topological polar surface area (TPSA) is 71.6 Å². The minimum absolute atomic E-state index is 0.0759. The smallest absolute Gasteiger partial charge is 0.410 e. The van der Waals surface area contributed by atoms with Gasteiger partial charge in [0.05, 0.1) is 7.11 Å². The highest BCUT2D eigenvalue weighted by atomic mass is 32.1. The number of thiophene rings is 1. The molecular formula is C26H28N2O4S. The molecule has 172 valence electrons. The van der Waals surface area contributed by atoms with Gasteiger partial charge < -0.3 is 19.4 Å². The zero-order valence-electron chi connectivity index (χ0n) is 19.5. The molecule has 0 radical (unpaired) electrons. The molecule has 0 aliphatic carbocycles. The summed E-state index contributed by atoms with van der Waals surface area (Å²) in [6.07, 6.45) is 0.388. The number of carbonyl (C=O) groups is 1. The fourth-order valence-corrected chi connectivity index (χ4v) is 4.65. The van der Waals surface area contributed by atoms with Crippen molar-refractivity contribution >= 4 is 38.4 Å². The van der Waals surface area contributed by atoms with Crippen LogP contribution in [-0.4, -0.2) is 42.3 Å². The van der Waals surface area contributed by atoms with Crippen LogP contribution in [0, 0.1) is 0 Å². The highest BCUT2D eigenvalue weighted by Gasteiger charge is 2.20. The first kappa shape index (κ1) is 22.9. The molecule has 0 saturated carbocycles. The summed E-state index contributed by atoms with van der Waals surface area (Å²) in [6.45, 7) is 6.14. The van der Waals surface area contributed by atoms with Gasteiger partial charge in [-0.2, -0.15) is 0 Å². The third-order valence-corrected chi connectivity index (χ3v) is 6.37. The van der Waals surface area contributed by atoms with E-state index >= 15 is 0 Å². The Kier molecular flexibility index (Phi) is 6.17. The van der Waals surface area contributed by atoms with Gasteiger partial charge in [0, 0.05) is 35.4 Å². The molecule has 33 heavy (non-hydrogen) atoms. The highest BCUT2D eigenvalue weighted by Crippen LogP contribution is 2.40. The number of ether oxygens (including phenoxy) is 2. The quantitative estimate of drug-likeness (QED) is 0.403. The van der Waals surface area contributed by atoms with Gasteiger partial charge in [-0.25, -0.2) is 4.79 Å². The summed E-state index contributed by atoms with van der Waals surface area (Å²) in [5.41, 5.74) is 3.26. The molecule has 1 N–H and O–H groups in total. The first-order chi connectivity index (χ1) is 15.7. The summed E-state index contributed by atoms with van der Waals surface area (Å²) in [5.74, 6) is 0.749. The molecule has 1 amide bonds. The van der Waals surface area contributed by atoms with Crippen molar-refractivity contribution in [3.05, 3.63) is 63.8 Å². The van der Waals surface area contributed by atoms with Crippen LogP contribution in [0.3, 0.4) is 0 Å². The first-order valence-electron chi connectivity index (χ1n) is 10.8. The predicted molar refractivity (Wildman–Crippen MR) is 135 cm³/mol. The molecule has 7 heteroatoms. The highest BCUT2D eigenvalue weighted by molar-refractivity contribution is 7.17. The van der Waals surface area contributed by atoms with Gasteiger partial charge in [0.15, 0.2) is 0 Å². The number of carbonyl (C=O) groups excluding carboxylic acids is 1. The van der Waals surface area contributed by atoms with E-state index in [1.807, 2.05) is 44.4 Å². The van der Waals surface area contributed by atoms with Crippen LogP contribution in [0.25, 0.3) is 32.1 Å². The van der Waals surface area contributed by atoms with Gasteiger partial charge in [0.25, 0.3) is 5.56 Å². The second-order valence-corrected chi connectivity index (χ2v) is 9.95. The standard InChI is InChI=1S/C26H28N2O4S/c1-26(2,3)32-25(30)28(4)14-12-16-6-8-17(9-7-16)21-20(31-5)11-10-19-22(21)18-13-15-33-23(18)24(29)27-19/h6-11,13,15H,12,14H2,1-5H3,(H,27,29). The maximum absolute atomic E-state index is 12.4. The normalized spacial score (nSPS) is 11.7. The molecular weight excluding hydrogens is 436 g/mol. The van der Waals surface area contributed by atoms with Crippen molar-refractivity contribution in [3.8, 4) is 16.9 Å². The second kappa shape index (κ2) is 8.90. The van der Waals surface area contributed by atoms with Crippen LogP contribution in [0.4, 0.5) is 4.79 Å². The van der Waals surface area contributed by atoms with Crippen LogP contribution in [-0.2, 0) is 11.2 Å². The number of fused-ring (bicyclic) bond motifs is 3. The number of aromatic amines is 1. The number of likely N-dealkylation sites (N-methyl/N-ethyl adjacent to an activating group) is 1. The fourth-order valence-electron chi connectivity index (χ4n) is 3.85. The molecule has 2 heterocycles. The van der Waals surface area contributed by atoms with Gasteiger partial charge >= 0.3 is 6.09 Å². The van der Waals surface area contributed by atoms with Crippen LogP contribution in [0.2, 0.25) is 0 Å². The van der Waals surface area contributed by atoms with Crippen LogP contribution in [0.15, 0.2) is 52.6 Å². The summed E-state index contributed by atoms with van der Waals surface area (Å²) >= 11 is 1.44. The molecule has 0 spiro atoms. The Hall–Kier alpha value is -3.32. The molecule has 0 saturated heterocycles. The van der Waals surface area contributed by atoms with E-state index in [1.165, 1.54) is 11.3 Å². The van der Waals surface area contributed by atoms with Crippen molar-refractivity contribution in [2.45, 2.75) is 32.8 Å². The van der Waals surface area contributed by atoms with E-state index in [0.29, 0.717) is 17.7 Å². The lowest BCUT2D eigenvalue weighted by atomic mass is 9.96. The molecule has 4 aromatic rings. The Bertz CT molecular complexity index is 1360. The monoisotopic (exact) mass is 464 g/mol. The van der Waals surface area contributed by atoms with E-state index in [0.717, 1.165) is 38.7 Å². The van der Waals surface area contributed by atoms with Crippen molar-refractivity contribution in [2.24, 2.45) is 0 Å². The van der Waals surface area contributed by atoms with Gasteiger partial charge in [0.2, 0.25) is 0 Å². The van der Waals surface area contributed by atoms with Crippen molar-refractivity contribution in [2.75, 3.05) is 20.7 Å². The van der Waals surface area contributed by atoms with Gasteiger partial charge in [-0.05, 0) is 61.9 Å². The largest absolute Gasteiger partial charge is 0.496 e. The molecule has 0 aliphatic rings. The fraction of sp³-hybridized carbons (Fsp3) is 0.308. The van der Waals surface area contributed by atoms with Crippen LogP contribution < -0.4 is 10.3 Å². The zero-order valence-corrected chi connectivity index (χ0v) is 20.3. The van der Waals surface area contributed by atoms with Gasteiger partial charge in [-0.15, -0.1) is 11.3 Å². The maximum Gasteiger partial charge on any atom is 0.410 e. The predicted octanol–water partition coefficient (Wildman–Crippen LogP) is 5.83. The van der Waals surface area contributed by atoms with Crippen LogP contribution >= 0.6 is 11.3 Å². The number of aromatic nitrogens is 1. The molecule has 2 aromatic heterocycles. The van der Waals surface area contributed by atoms with Crippen molar-refractivity contribution < 1.29 is 14.3 Å². The Morgan fingerprint density at radius 3 is 2.48 bits per heavy atom. The summed E-state index contributed by atoms with van der Waals surface area (Å²) < 4.78 is 11.8. The summed E-state index contributed by atoms with van der Waals surface area (Å²) in [4.78, 5) is 29.2. The van der Waals surface area contributed by atoms with E-state index in [1.54, 1.807) is 19.1 Å². The first-order valence-corrected chi connectivity index (χ1v) is 11.7. The van der Waals surface area contributed by atoms with E-state index in [2.05, 4.69) is 29.2 Å². The number of nitrogens with one attached hydrogen (secondary N) is 1. The number of hydrogen-bond donors (Lipinski definition) is 1. The molecule has 0 unspecified atom stereocenters. The number of pyridine rings is 1. The third-order valence-electron chi connectivity index (χ3n) is 5.46. The second-order valence-electron chi connectivity index (χ2n) is 9.03. The molecule has 0 atom stereocenters. The average molecular weight is 465 g/mol. The Morgan fingerprint density at radius 1 is 1.09 bits per heavy atom. The number of rotatable bonds is 5. The minimum atomic E-state index is -0.511. The summed E-state index contributed by atoms with van der Waals surface area (Å²) in [5, 5.41) is 3.84. The summed E-state index contributed by atoms with van der Waals surface area (Å²) in [7, 11) is 3.40. The molecule has 0 aliphatic heterocycles. The molecule has 4 rings (SSSR count). The summed E-state index contributed by atoms with van der Waals surface area (Å²) in [6, 6.07) is 14.0. The van der Waals surface area contributed by atoms with E-state index in [-0.39, 0.29) is 11.7 Å². The number of benzene rings is 2. The Balaban J connectivity index is 1.64.